The molecule has 3 aromatic rings. The van der Waals surface area contributed by atoms with Crippen LogP contribution in [0.4, 0.5) is 0 Å². The van der Waals surface area contributed by atoms with Gasteiger partial charge >= 0.3 is 5.69 Å². The van der Waals surface area contributed by atoms with Crippen molar-refractivity contribution in [2.45, 2.75) is 115 Å². The first-order chi connectivity index (χ1) is 26.0. The van der Waals surface area contributed by atoms with Crippen LogP contribution in [0.25, 0.3) is 0 Å². The molecule has 0 spiro atoms. The van der Waals surface area contributed by atoms with Gasteiger partial charge in [-0.3, -0.25) is 14.3 Å². The van der Waals surface area contributed by atoms with E-state index >= 15 is 0 Å². The van der Waals surface area contributed by atoms with E-state index in [1.54, 1.807) is 21.1 Å². The number of aromatic amines is 1. The van der Waals surface area contributed by atoms with Crippen LogP contribution < -0.4 is 21.6 Å². The molecular weight excluding hydrogens is 740 g/mol. The predicted molar refractivity (Wildman–Crippen MR) is 216 cm³/mol. The van der Waals surface area contributed by atoms with E-state index in [-0.39, 0.29) is 30.9 Å². The number of H-pyrrole nitrogens is 1. The molecule has 1 fully saturated rings. The van der Waals surface area contributed by atoms with Gasteiger partial charge in [-0.25, -0.2) is 9.46 Å². The summed E-state index contributed by atoms with van der Waals surface area (Å²) in [5, 5.41) is 11.2. The van der Waals surface area contributed by atoms with Crippen molar-refractivity contribution in [2.75, 3.05) is 34.0 Å². The van der Waals surface area contributed by atoms with E-state index in [1.807, 2.05) is 68.8 Å². The zero-order valence-corrected chi connectivity index (χ0v) is 35.7. The van der Waals surface area contributed by atoms with E-state index in [0.717, 1.165) is 10.4 Å². The Morgan fingerprint density at radius 1 is 0.982 bits per heavy atom. The lowest BCUT2D eigenvalue weighted by atomic mass is 9.98. The average Bonchev–Trinajstić information content (AvgIpc) is 3.45. The minimum atomic E-state index is -3.11. The van der Waals surface area contributed by atoms with Crippen LogP contribution >= 0.6 is 8.53 Å². The summed E-state index contributed by atoms with van der Waals surface area (Å²) in [7, 11) is -2.34. The third kappa shape index (κ3) is 10.3. The first kappa shape index (κ1) is 44.6. The molecule has 0 amide bonds. The number of nitrogens with zero attached hydrogens (tertiary/aromatic N) is 3. The Morgan fingerprint density at radius 2 is 1.55 bits per heavy atom. The second-order valence-corrected chi connectivity index (χ2v) is 21.3. The van der Waals surface area contributed by atoms with Crippen molar-refractivity contribution in [3.63, 3.8) is 0 Å². The van der Waals surface area contributed by atoms with Crippen LogP contribution in [0.2, 0.25) is 5.04 Å². The molecule has 0 radical (unpaired) electrons. The molecule has 302 valence electrons. The van der Waals surface area contributed by atoms with E-state index in [1.165, 1.54) is 10.8 Å². The molecule has 13 nitrogen and oxygen atoms in total. The minimum absolute atomic E-state index is 0.00723. The molecule has 0 bridgehead atoms. The fraction of sp³-hybridized carbons (Fsp3) is 0.575. The van der Waals surface area contributed by atoms with Crippen LogP contribution in [0.3, 0.4) is 0 Å². The standard InChI is InChI=1S/C40H59N4O9PSi/c1-28(2)44(40(7,8)22-17-23-41)54(47)53-34-33(27-50-55(39(4,5)6,31-18-13-11-14-19-31)32-20-15-12-16-21-32)52-37(35(34)51-30(25-48-9)26-49-10)43-24-29(3)36(45)42-38(43)46/h11-16,18-21,24,28,30,33-35,37,47H,17,22,25-27H2,1-10H3,(H,42,45,46)/t33-,34-,35-,37-,54?/m1/s1. The highest BCUT2D eigenvalue weighted by molar-refractivity contribution is 7.43. The molecule has 1 aliphatic heterocycles. The van der Waals surface area contributed by atoms with Gasteiger partial charge in [0.25, 0.3) is 22.4 Å². The summed E-state index contributed by atoms with van der Waals surface area (Å²) in [5.41, 5.74) is -1.53. The highest BCUT2D eigenvalue weighted by atomic mass is 31.2. The smallest absolute Gasteiger partial charge is 0.330 e. The first-order valence-electron chi connectivity index (χ1n) is 18.7. The molecule has 0 aliphatic carbocycles. The van der Waals surface area contributed by atoms with Gasteiger partial charge in [-0.15, -0.1) is 0 Å². The minimum Gasteiger partial charge on any atom is -0.405 e. The summed E-state index contributed by atoms with van der Waals surface area (Å²) in [5.74, 6) is 0. The predicted octanol–water partition coefficient (Wildman–Crippen LogP) is 4.76. The number of aromatic nitrogens is 2. The maximum atomic E-state index is 13.5. The van der Waals surface area contributed by atoms with E-state index in [9.17, 15) is 19.7 Å². The van der Waals surface area contributed by atoms with Crippen LogP contribution in [-0.2, 0) is 27.9 Å². The quantitative estimate of drug-likeness (QED) is 0.127. The Kier molecular flexibility index (Phi) is 15.7. The summed E-state index contributed by atoms with van der Waals surface area (Å²) in [4.78, 5) is 40.6. The van der Waals surface area contributed by atoms with Gasteiger partial charge in [-0.2, -0.15) is 5.26 Å². The van der Waals surface area contributed by atoms with E-state index in [4.69, 9.17) is 27.9 Å². The molecule has 0 saturated carbocycles. The van der Waals surface area contributed by atoms with Crippen LogP contribution in [0.15, 0.2) is 76.4 Å². The molecule has 2 N–H and O–H groups in total. The number of hydrogen-bond donors (Lipinski definition) is 2. The molecule has 2 aromatic carbocycles. The third-order valence-corrected chi connectivity index (χ3v) is 16.8. The van der Waals surface area contributed by atoms with Crippen molar-refractivity contribution in [3.8, 4) is 6.07 Å². The zero-order valence-electron chi connectivity index (χ0n) is 33.9. The number of rotatable bonds is 19. The van der Waals surface area contributed by atoms with Crippen molar-refractivity contribution in [1.29, 1.82) is 5.26 Å². The monoisotopic (exact) mass is 798 g/mol. The fourth-order valence-corrected chi connectivity index (χ4v) is 13.7. The van der Waals surface area contributed by atoms with Gasteiger partial charge in [-0.05, 0) is 56.5 Å². The largest absolute Gasteiger partial charge is 0.405 e. The van der Waals surface area contributed by atoms with E-state index in [0.29, 0.717) is 18.4 Å². The second kappa shape index (κ2) is 19.4. The summed E-state index contributed by atoms with van der Waals surface area (Å²) >= 11 is 0. The Hall–Kier alpha value is -3.06. The molecule has 15 heteroatoms. The summed E-state index contributed by atoms with van der Waals surface area (Å²) in [6.07, 6.45) is -2.40. The molecule has 55 heavy (non-hydrogen) atoms. The average molecular weight is 799 g/mol. The van der Waals surface area contributed by atoms with E-state index in [2.05, 4.69) is 56.1 Å². The van der Waals surface area contributed by atoms with Gasteiger partial charge in [0.15, 0.2) is 6.23 Å². The molecule has 1 saturated heterocycles. The molecular formula is C40H59N4O9PSi. The molecule has 5 atom stereocenters. The lowest BCUT2D eigenvalue weighted by Crippen LogP contribution is -2.67. The number of ether oxygens (including phenoxy) is 4. The van der Waals surface area contributed by atoms with Crippen molar-refractivity contribution < 1.29 is 32.8 Å². The molecule has 1 aromatic heterocycles. The number of nitrogens with one attached hydrogen (secondary N) is 1. The fourth-order valence-electron chi connectivity index (χ4n) is 7.57. The lowest BCUT2D eigenvalue weighted by molar-refractivity contribution is -0.130. The summed E-state index contributed by atoms with van der Waals surface area (Å²) < 4.78 is 41.8. The molecule has 4 rings (SSSR count). The van der Waals surface area contributed by atoms with Gasteiger partial charge in [0.05, 0.1) is 25.9 Å². The maximum absolute atomic E-state index is 13.5. The van der Waals surface area contributed by atoms with Crippen LogP contribution in [0.5, 0.6) is 0 Å². The van der Waals surface area contributed by atoms with Gasteiger partial charge in [0.2, 0.25) is 0 Å². The number of hydrogen-bond acceptors (Lipinski definition) is 11. The number of benzene rings is 2. The van der Waals surface area contributed by atoms with Gasteiger partial charge < -0.3 is 32.8 Å². The van der Waals surface area contributed by atoms with Gasteiger partial charge in [0, 0.05) is 44.0 Å². The maximum Gasteiger partial charge on any atom is 0.330 e. The second-order valence-electron chi connectivity index (χ2n) is 15.9. The first-order valence-corrected chi connectivity index (χ1v) is 21.8. The number of nitriles is 1. The highest BCUT2D eigenvalue weighted by Crippen LogP contribution is 2.50. The summed E-state index contributed by atoms with van der Waals surface area (Å²) in [6.45, 7) is 16.3. The summed E-state index contributed by atoms with van der Waals surface area (Å²) in [6, 6.07) is 22.5. The molecule has 1 aliphatic rings. The van der Waals surface area contributed by atoms with E-state index < -0.39 is 64.3 Å². The van der Waals surface area contributed by atoms with Crippen molar-refractivity contribution in [2.24, 2.45) is 0 Å². The SMILES string of the molecule is COCC(COC)O[C@@H]1[C@H](OP(O)N(C(C)C)C(C)(C)CCC#N)[C@@H](CO[Si](c2ccccc2)(c2ccccc2)C(C)(C)C)O[C@H]1n1cc(C)c(=O)[nH]c1=O. The van der Waals surface area contributed by atoms with Crippen molar-refractivity contribution >= 4 is 27.2 Å². The van der Waals surface area contributed by atoms with Crippen LogP contribution in [0.1, 0.15) is 73.1 Å². The molecule has 2 heterocycles. The number of aryl methyl sites for hydroxylation is 1. The lowest BCUT2D eigenvalue weighted by Gasteiger charge is -2.44. The van der Waals surface area contributed by atoms with Gasteiger partial charge in [-0.1, -0.05) is 81.4 Å². The zero-order chi connectivity index (χ0) is 40.6. The van der Waals surface area contributed by atoms with Gasteiger partial charge in [0.1, 0.15) is 24.4 Å². The Balaban J connectivity index is 1.91. The normalized spacial score (nSPS) is 20.0. The highest BCUT2D eigenvalue weighted by Gasteiger charge is 2.55. The van der Waals surface area contributed by atoms with Crippen LogP contribution in [-0.4, -0.2) is 97.5 Å². The van der Waals surface area contributed by atoms with Crippen molar-refractivity contribution in [3.05, 3.63) is 93.3 Å². The van der Waals surface area contributed by atoms with Crippen molar-refractivity contribution in [1.82, 2.24) is 14.2 Å². The topological polar surface area (TPSA) is 158 Å². The Morgan fingerprint density at radius 3 is 2.04 bits per heavy atom. The van der Waals surface area contributed by atoms with Crippen LogP contribution in [0, 0.1) is 18.3 Å². The Bertz CT molecular complexity index is 1770. The third-order valence-electron chi connectivity index (χ3n) is 10.00. The number of methoxy groups -OCH3 is 2. The Labute approximate surface area is 327 Å². The molecule has 1 unspecified atom stereocenters.